The Hall–Kier alpha value is -2.34. The molecule has 6 heteroatoms. The van der Waals surface area contributed by atoms with E-state index in [4.69, 9.17) is 4.52 Å². The van der Waals surface area contributed by atoms with Crippen LogP contribution in [0.25, 0.3) is 22.0 Å². The Morgan fingerprint density at radius 3 is 2.78 bits per heavy atom. The first-order valence-electron chi connectivity index (χ1n) is 7.46. The third kappa shape index (κ3) is 2.30. The van der Waals surface area contributed by atoms with E-state index in [1.54, 1.807) is 0 Å². The van der Waals surface area contributed by atoms with Gasteiger partial charge < -0.3 is 4.52 Å². The summed E-state index contributed by atoms with van der Waals surface area (Å²) in [6, 6.07) is 8.09. The smallest absolute Gasteiger partial charge is 0.271 e. The predicted molar refractivity (Wildman–Crippen MR) is 89.1 cm³/mol. The molecule has 1 aromatic carbocycles. The molecule has 1 aliphatic carbocycles. The zero-order valence-electron chi connectivity index (χ0n) is 13.0. The van der Waals surface area contributed by atoms with Gasteiger partial charge in [-0.05, 0) is 36.9 Å². The molecule has 0 N–H and O–H groups in total. The van der Waals surface area contributed by atoms with E-state index in [0.717, 1.165) is 40.4 Å². The summed E-state index contributed by atoms with van der Waals surface area (Å²) in [7, 11) is 0. The van der Waals surface area contributed by atoms with Gasteiger partial charge >= 0.3 is 0 Å². The largest absolute Gasteiger partial charge is 0.333 e. The Balaban J connectivity index is 1.73. The van der Waals surface area contributed by atoms with Crippen molar-refractivity contribution in [2.45, 2.75) is 32.1 Å². The minimum Gasteiger partial charge on any atom is -0.333 e. The number of rotatable bonds is 3. The number of nitrogens with zero attached hydrogens (tertiary/aromatic N) is 4. The van der Waals surface area contributed by atoms with Crippen LogP contribution in [0.1, 0.15) is 31.2 Å². The van der Waals surface area contributed by atoms with Crippen molar-refractivity contribution in [2.24, 2.45) is 0 Å². The van der Waals surface area contributed by atoms with Crippen molar-refractivity contribution in [3.8, 4) is 22.0 Å². The number of aryl methyl sites for hydroxylation is 1. The van der Waals surface area contributed by atoms with Crippen LogP contribution in [-0.4, -0.2) is 19.7 Å². The monoisotopic (exact) mass is 324 g/mol. The fraction of sp³-hybridized carbons (Fsp3) is 0.294. The van der Waals surface area contributed by atoms with Crippen LogP contribution in [0, 0.1) is 6.92 Å². The van der Waals surface area contributed by atoms with Gasteiger partial charge in [-0.2, -0.15) is 4.98 Å². The van der Waals surface area contributed by atoms with Gasteiger partial charge in [-0.15, -0.1) is 5.10 Å². The van der Waals surface area contributed by atoms with Gasteiger partial charge in [-0.1, -0.05) is 53.0 Å². The second-order valence-corrected chi connectivity index (χ2v) is 7.11. The van der Waals surface area contributed by atoms with E-state index in [-0.39, 0.29) is 5.41 Å². The molecule has 1 fully saturated rings. The molecule has 0 unspecified atom stereocenters. The lowest BCUT2D eigenvalue weighted by molar-refractivity contribution is 0.322. The van der Waals surface area contributed by atoms with Crippen LogP contribution < -0.4 is 0 Å². The second kappa shape index (κ2) is 5.09. The van der Waals surface area contributed by atoms with Gasteiger partial charge in [0.2, 0.25) is 0 Å². The highest BCUT2D eigenvalue weighted by Crippen LogP contribution is 2.45. The topological polar surface area (TPSA) is 64.7 Å². The van der Waals surface area contributed by atoms with E-state index >= 15 is 0 Å². The third-order valence-electron chi connectivity index (χ3n) is 4.33. The van der Waals surface area contributed by atoms with Gasteiger partial charge in [0.05, 0.1) is 0 Å². The molecule has 116 valence electrons. The van der Waals surface area contributed by atoms with E-state index in [2.05, 4.69) is 46.2 Å². The maximum absolute atomic E-state index is 5.51. The maximum Gasteiger partial charge on any atom is 0.271 e. The first-order chi connectivity index (χ1) is 11.1. The van der Waals surface area contributed by atoms with E-state index in [1.165, 1.54) is 17.1 Å². The van der Waals surface area contributed by atoms with E-state index in [0.29, 0.717) is 5.89 Å². The highest BCUT2D eigenvalue weighted by molar-refractivity contribution is 7.09. The molecule has 0 spiro atoms. The number of benzene rings is 1. The first-order valence-corrected chi connectivity index (χ1v) is 8.24. The summed E-state index contributed by atoms with van der Waals surface area (Å²) in [5.41, 5.74) is 4.16. The van der Waals surface area contributed by atoms with Crippen LogP contribution in [0.3, 0.4) is 0 Å². The minimum absolute atomic E-state index is 0.0558. The van der Waals surface area contributed by atoms with Crippen molar-refractivity contribution in [2.75, 3.05) is 0 Å². The Morgan fingerprint density at radius 1 is 1.26 bits per heavy atom. The van der Waals surface area contributed by atoms with Gasteiger partial charge in [-0.25, -0.2) is 0 Å². The van der Waals surface area contributed by atoms with Crippen LogP contribution in [0.2, 0.25) is 0 Å². The molecule has 4 rings (SSSR count). The van der Waals surface area contributed by atoms with Gasteiger partial charge in [-0.3, -0.25) is 0 Å². The normalized spacial score (nSPS) is 16.3. The molecule has 5 nitrogen and oxygen atoms in total. The Labute approximate surface area is 138 Å². The zero-order valence-corrected chi connectivity index (χ0v) is 13.9. The molecule has 0 bridgehead atoms. The highest BCUT2D eigenvalue weighted by Gasteiger charge is 2.41. The van der Waals surface area contributed by atoms with Crippen LogP contribution >= 0.6 is 11.5 Å². The molecule has 0 amide bonds. The Bertz CT molecular complexity index is 887. The Kier molecular flexibility index (Phi) is 3.16. The lowest BCUT2D eigenvalue weighted by Crippen LogP contribution is -2.33. The molecule has 23 heavy (non-hydrogen) atoms. The number of aromatic nitrogens is 4. The molecule has 0 aliphatic heterocycles. The van der Waals surface area contributed by atoms with Gasteiger partial charge in [0.15, 0.2) is 5.82 Å². The molecule has 0 saturated heterocycles. The number of hydrogen-bond donors (Lipinski definition) is 0. The van der Waals surface area contributed by atoms with Crippen molar-refractivity contribution in [3.63, 3.8) is 0 Å². The van der Waals surface area contributed by atoms with Crippen molar-refractivity contribution in [1.29, 1.82) is 0 Å². The Morgan fingerprint density at radius 2 is 2.04 bits per heavy atom. The molecule has 2 heterocycles. The van der Waals surface area contributed by atoms with Crippen molar-refractivity contribution < 1.29 is 4.52 Å². The standard InChI is InChI=1S/C17H16N4OS/c1-10-8-17(3,9-10)16-18-15(22-20-16)14-13(19-21-23-14)12-7-5-4-6-11(12)2/h4-7H,1,8-9H2,2-3H3. The van der Waals surface area contributed by atoms with Crippen LogP contribution in [0.15, 0.2) is 40.9 Å². The van der Waals surface area contributed by atoms with Crippen molar-refractivity contribution in [1.82, 2.24) is 19.7 Å². The summed E-state index contributed by atoms with van der Waals surface area (Å²) in [6.45, 7) is 8.19. The zero-order chi connectivity index (χ0) is 16.0. The fourth-order valence-corrected chi connectivity index (χ4v) is 3.72. The lowest BCUT2D eigenvalue weighted by atomic mass is 9.67. The van der Waals surface area contributed by atoms with Gasteiger partial charge in [0, 0.05) is 11.0 Å². The summed E-state index contributed by atoms with van der Waals surface area (Å²) in [5.74, 6) is 1.23. The summed E-state index contributed by atoms with van der Waals surface area (Å²) < 4.78 is 9.59. The lowest BCUT2D eigenvalue weighted by Gasteiger charge is -2.37. The van der Waals surface area contributed by atoms with Gasteiger partial charge in [0.1, 0.15) is 10.6 Å². The molecule has 1 saturated carbocycles. The molecule has 0 atom stereocenters. The molecule has 3 aromatic rings. The highest BCUT2D eigenvalue weighted by atomic mass is 32.1. The number of hydrogen-bond acceptors (Lipinski definition) is 6. The predicted octanol–water partition coefficient (Wildman–Crippen LogP) is 4.17. The van der Waals surface area contributed by atoms with E-state index in [1.807, 2.05) is 18.2 Å². The molecule has 1 aliphatic rings. The molecule has 0 radical (unpaired) electrons. The molecular formula is C17H16N4OS. The molecule has 2 aromatic heterocycles. The fourth-order valence-electron chi connectivity index (χ4n) is 3.12. The maximum atomic E-state index is 5.51. The quantitative estimate of drug-likeness (QED) is 0.676. The van der Waals surface area contributed by atoms with Crippen LogP contribution in [0.5, 0.6) is 0 Å². The average Bonchev–Trinajstić information content (AvgIpc) is 3.15. The van der Waals surface area contributed by atoms with Crippen molar-refractivity contribution in [3.05, 3.63) is 47.8 Å². The van der Waals surface area contributed by atoms with Crippen LogP contribution in [0.4, 0.5) is 0 Å². The summed E-state index contributed by atoms with van der Waals surface area (Å²) in [4.78, 5) is 5.43. The van der Waals surface area contributed by atoms with Gasteiger partial charge in [0.25, 0.3) is 5.89 Å². The third-order valence-corrected chi connectivity index (χ3v) is 5.04. The van der Waals surface area contributed by atoms with Crippen molar-refractivity contribution >= 4 is 11.5 Å². The summed E-state index contributed by atoms with van der Waals surface area (Å²) >= 11 is 1.28. The first kappa shape index (κ1) is 14.3. The van der Waals surface area contributed by atoms with E-state index < -0.39 is 0 Å². The summed E-state index contributed by atoms with van der Waals surface area (Å²) in [6.07, 6.45) is 1.83. The SMILES string of the molecule is C=C1CC(C)(c2noc(-c3snnc3-c3ccccc3C)n2)C1. The minimum atomic E-state index is -0.0558. The number of allylic oxidation sites excluding steroid dienone is 1. The van der Waals surface area contributed by atoms with E-state index in [9.17, 15) is 0 Å². The average molecular weight is 324 g/mol. The van der Waals surface area contributed by atoms with Crippen LogP contribution in [-0.2, 0) is 5.41 Å². The second-order valence-electron chi connectivity index (χ2n) is 6.35. The summed E-state index contributed by atoms with van der Waals surface area (Å²) in [5, 5.41) is 8.45. The molecular weight excluding hydrogens is 308 g/mol.